The van der Waals surface area contributed by atoms with Crippen molar-refractivity contribution in [2.24, 2.45) is 7.05 Å². The minimum atomic E-state index is -0.356. The third-order valence-corrected chi connectivity index (χ3v) is 3.35. The van der Waals surface area contributed by atoms with Crippen molar-refractivity contribution in [3.63, 3.8) is 0 Å². The highest BCUT2D eigenvalue weighted by Gasteiger charge is 2.17. The fourth-order valence-electron chi connectivity index (χ4n) is 2.00. The first-order valence-corrected chi connectivity index (χ1v) is 6.85. The highest BCUT2D eigenvalue weighted by Crippen LogP contribution is 2.05. The van der Waals surface area contributed by atoms with Gasteiger partial charge in [-0.15, -0.1) is 0 Å². The first-order valence-electron chi connectivity index (χ1n) is 6.85. The Morgan fingerprint density at radius 1 is 1.29 bits per heavy atom. The van der Waals surface area contributed by atoms with Crippen LogP contribution in [0, 0.1) is 0 Å². The van der Waals surface area contributed by atoms with E-state index in [2.05, 4.69) is 5.32 Å². The van der Waals surface area contributed by atoms with Gasteiger partial charge in [0, 0.05) is 13.2 Å². The van der Waals surface area contributed by atoms with Gasteiger partial charge < -0.3 is 5.32 Å². The summed E-state index contributed by atoms with van der Waals surface area (Å²) in [5, 5.41) is 2.74. The van der Waals surface area contributed by atoms with Gasteiger partial charge in [0.15, 0.2) is 0 Å². The van der Waals surface area contributed by atoms with Crippen LogP contribution in [0.25, 0.3) is 5.69 Å². The Balaban J connectivity index is 2.28. The Kier molecular flexibility index (Phi) is 4.59. The second-order valence-electron chi connectivity index (χ2n) is 4.91. The van der Waals surface area contributed by atoms with Crippen LogP contribution in [0.1, 0.15) is 17.3 Å². The number of hydrogen-bond donors (Lipinski definition) is 1. The summed E-state index contributed by atoms with van der Waals surface area (Å²) < 4.78 is 3.09. The normalized spacial score (nSPS) is 10.9. The molecule has 2 aromatic rings. The number of nitrogens with one attached hydrogen (secondary N) is 1. The van der Waals surface area contributed by atoms with Gasteiger partial charge in [0.1, 0.15) is 5.56 Å². The third kappa shape index (κ3) is 3.22. The van der Waals surface area contributed by atoms with Crippen LogP contribution in [0.15, 0.2) is 41.3 Å². The Morgan fingerprint density at radius 2 is 1.95 bits per heavy atom. The number of hydrogen-bond acceptors (Lipinski definition) is 3. The van der Waals surface area contributed by atoms with Crippen LogP contribution in [0.3, 0.4) is 0 Å². The minimum absolute atomic E-state index is 0.144. The van der Waals surface area contributed by atoms with Crippen LogP contribution in [0.4, 0.5) is 0 Å². The molecule has 0 aliphatic heterocycles. The van der Waals surface area contributed by atoms with Gasteiger partial charge >= 0.3 is 0 Å². The monoisotopic (exact) mass is 288 g/mol. The molecule has 1 N–H and O–H groups in total. The van der Waals surface area contributed by atoms with Gasteiger partial charge in [0.05, 0.1) is 12.4 Å². The molecule has 0 radical (unpaired) electrons. The van der Waals surface area contributed by atoms with E-state index < -0.39 is 0 Å². The van der Waals surface area contributed by atoms with Gasteiger partial charge in [0.25, 0.3) is 11.5 Å². The molecule has 6 nitrogen and oxygen atoms in total. The number of carbonyl (C=O) groups excluding carboxylic acids is 1. The summed E-state index contributed by atoms with van der Waals surface area (Å²) in [4.78, 5) is 26.5. The lowest BCUT2D eigenvalue weighted by Gasteiger charge is -2.13. The predicted molar refractivity (Wildman–Crippen MR) is 81.6 cm³/mol. The molecule has 0 bridgehead atoms. The minimum Gasteiger partial charge on any atom is -0.339 e. The summed E-state index contributed by atoms with van der Waals surface area (Å²) >= 11 is 0. The van der Waals surface area contributed by atoms with Gasteiger partial charge in [-0.05, 0) is 25.7 Å². The summed E-state index contributed by atoms with van der Waals surface area (Å²) in [6.45, 7) is 3.23. The molecular weight excluding hydrogens is 268 g/mol. The van der Waals surface area contributed by atoms with Crippen LogP contribution in [0.5, 0.6) is 0 Å². The number of carbonyl (C=O) groups is 1. The molecule has 0 fully saturated rings. The van der Waals surface area contributed by atoms with Gasteiger partial charge in [-0.25, -0.2) is 4.68 Å². The van der Waals surface area contributed by atoms with Crippen molar-refractivity contribution >= 4 is 5.91 Å². The van der Waals surface area contributed by atoms with E-state index >= 15 is 0 Å². The molecular formula is C15H20N4O2. The molecule has 0 aliphatic rings. The number of para-hydroxylation sites is 1. The maximum atomic E-state index is 12.4. The van der Waals surface area contributed by atoms with Crippen molar-refractivity contribution in [1.29, 1.82) is 0 Å². The molecule has 1 amide bonds. The van der Waals surface area contributed by atoms with Crippen LogP contribution < -0.4 is 10.9 Å². The van der Waals surface area contributed by atoms with Crippen LogP contribution in [-0.4, -0.2) is 40.4 Å². The van der Waals surface area contributed by atoms with Gasteiger partial charge in [-0.2, -0.15) is 0 Å². The zero-order chi connectivity index (χ0) is 15.4. The predicted octanol–water partition coefficient (Wildman–Crippen LogP) is 0.815. The molecule has 1 heterocycles. The van der Waals surface area contributed by atoms with Crippen molar-refractivity contribution in [2.75, 3.05) is 20.3 Å². The molecule has 0 spiro atoms. The van der Waals surface area contributed by atoms with Crippen molar-refractivity contribution in [3.8, 4) is 5.69 Å². The zero-order valence-electron chi connectivity index (χ0n) is 12.5. The summed E-state index contributed by atoms with van der Waals surface area (Å²) in [7, 11) is 3.64. The largest absolute Gasteiger partial charge is 0.339 e. The molecule has 0 unspecified atom stereocenters. The van der Waals surface area contributed by atoms with Crippen molar-refractivity contribution in [2.45, 2.75) is 6.92 Å². The second kappa shape index (κ2) is 6.41. The Bertz CT molecular complexity index is 673. The highest BCUT2D eigenvalue weighted by atomic mass is 16.2. The van der Waals surface area contributed by atoms with Crippen molar-refractivity contribution in [1.82, 2.24) is 19.6 Å². The zero-order valence-corrected chi connectivity index (χ0v) is 12.5. The molecule has 0 saturated carbocycles. The van der Waals surface area contributed by atoms with E-state index in [9.17, 15) is 9.59 Å². The lowest BCUT2D eigenvalue weighted by Crippen LogP contribution is -2.37. The van der Waals surface area contributed by atoms with E-state index in [1.165, 1.54) is 4.68 Å². The average Bonchev–Trinajstić information content (AvgIpc) is 2.80. The maximum Gasteiger partial charge on any atom is 0.284 e. The fraction of sp³-hybridized carbons (Fsp3) is 0.333. The fourth-order valence-corrected chi connectivity index (χ4v) is 2.00. The van der Waals surface area contributed by atoms with Crippen LogP contribution in [0.2, 0.25) is 0 Å². The molecule has 6 heteroatoms. The Morgan fingerprint density at radius 3 is 2.57 bits per heavy atom. The number of benzene rings is 1. The first kappa shape index (κ1) is 15.1. The molecule has 2 rings (SSSR count). The van der Waals surface area contributed by atoms with E-state index in [-0.39, 0.29) is 17.0 Å². The molecule has 112 valence electrons. The smallest absolute Gasteiger partial charge is 0.284 e. The summed E-state index contributed by atoms with van der Waals surface area (Å²) in [5.74, 6) is -0.356. The quantitative estimate of drug-likeness (QED) is 0.829. The van der Waals surface area contributed by atoms with E-state index in [1.54, 1.807) is 17.9 Å². The van der Waals surface area contributed by atoms with Gasteiger partial charge in [0.2, 0.25) is 0 Å². The molecule has 0 saturated heterocycles. The van der Waals surface area contributed by atoms with Gasteiger partial charge in [-0.1, -0.05) is 25.1 Å². The third-order valence-electron chi connectivity index (χ3n) is 3.35. The van der Waals surface area contributed by atoms with E-state index in [1.807, 2.05) is 49.2 Å². The number of rotatable bonds is 5. The Labute approximate surface area is 123 Å². The number of aromatic nitrogens is 2. The molecule has 1 aromatic heterocycles. The molecule has 1 aromatic carbocycles. The summed E-state index contributed by atoms with van der Waals surface area (Å²) in [6, 6.07) is 9.24. The Hall–Kier alpha value is -2.34. The SMILES string of the molecule is CCN(C)CNC(=O)c1cn(C)n(-c2ccccc2)c1=O. The standard InChI is InChI=1S/C15H20N4O2/c1-4-17(2)11-16-14(20)13-10-18(3)19(15(13)21)12-8-6-5-7-9-12/h5-10H,4,11H2,1-3H3,(H,16,20). The lowest BCUT2D eigenvalue weighted by molar-refractivity contribution is 0.0930. The molecule has 0 aliphatic carbocycles. The highest BCUT2D eigenvalue weighted by molar-refractivity contribution is 5.93. The number of amides is 1. The summed E-state index contributed by atoms with van der Waals surface area (Å²) in [6.07, 6.45) is 1.55. The van der Waals surface area contributed by atoms with Crippen molar-refractivity contribution in [3.05, 3.63) is 52.4 Å². The second-order valence-corrected chi connectivity index (χ2v) is 4.91. The van der Waals surface area contributed by atoms with Crippen molar-refractivity contribution < 1.29 is 4.79 Å². The molecule has 21 heavy (non-hydrogen) atoms. The van der Waals surface area contributed by atoms with E-state index in [0.717, 1.165) is 12.2 Å². The first-order chi connectivity index (χ1) is 10.0. The van der Waals surface area contributed by atoms with Crippen LogP contribution >= 0.6 is 0 Å². The lowest BCUT2D eigenvalue weighted by atomic mass is 10.3. The van der Waals surface area contributed by atoms with Crippen LogP contribution in [-0.2, 0) is 7.05 Å². The van der Waals surface area contributed by atoms with Gasteiger partial charge in [-0.3, -0.25) is 19.2 Å². The maximum absolute atomic E-state index is 12.4. The average molecular weight is 288 g/mol. The van der Waals surface area contributed by atoms with E-state index in [4.69, 9.17) is 0 Å². The summed E-state index contributed by atoms with van der Waals surface area (Å²) in [5.41, 5.74) is 0.556. The number of aryl methyl sites for hydroxylation is 1. The topological polar surface area (TPSA) is 59.3 Å². The molecule has 0 atom stereocenters. The van der Waals surface area contributed by atoms with E-state index in [0.29, 0.717) is 6.67 Å². The number of nitrogens with zero attached hydrogens (tertiary/aromatic N) is 3.